The summed E-state index contributed by atoms with van der Waals surface area (Å²) in [4.78, 5) is 15.7. The molecular weight excluding hydrogens is 402 g/mol. The van der Waals surface area contributed by atoms with E-state index >= 15 is 0 Å². The van der Waals surface area contributed by atoms with Crippen LogP contribution in [0.5, 0.6) is 11.8 Å². The molecule has 0 unspecified atom stereocenters. The second-order valence-electron chi connectivity index (χ2n) is 7.32. The Labute approximate surface area is 186 Å². The van der Waals surface area contributed by atoms with E-state index in [4.69, 9.17) is 14.6 Å². The predicted molar refractivity (Wildman–Crippen MR) is 123 cm³/mol. The van der Waals surface area contributed by atoms with E-state index in [2.05, 4.69) is 4.98 Å². The molecule has 0 radical (unpaired) electrons. The highest BCUT2D eigenvalue weighted by Crippen LogP contribution is 2.32. The van der Waals surface area contributed by atoms with E-state index in [-0.39, 0.29) is 6.42 Å². The van der Waals surface area contributed by atoms with E-state index < -0.39 is 5.97 Å². The number of hydrogen-bond donors (Lipinski definition) is 1. The van der Waals surface area contributed by atoms with Gasteiger partial charge >= 0.3 is 5.97 Å². The predicted octanol–water partition coefficient (Wildman–Crippen LogP) is 5.53. The SMILES string of the molecule is O=C(O)Cc1cccc(-c2ccc(OCc3ccccc3)nc2OCc2ccccc2)c1. The maximum Gasteiger partial charge on any atom is 0.307 e. The molecule has 4 rings (SSSR count). The van der Waals surface area contributed by atoms with Gasteiger partial charge in [-0.15, -0.1) is 0 Å². The van der Waals surface area contributed by atoms with Crippen molar-refractivity contribution >= 4 is 5.97 Å². The summed E-state index contributed by atoms with van der Waals surface area (Å²) in [5.74, 6) is 0.0275. The van der Waals surface area contributed by atoms with Gasteiger partial charge < -0.3 is 14.6 Å². The average molecular weight is 425 g/mol. The lowest BCUT2D eigenvalue weighted by Crippen LogP contribution is -2.03. The van der Waals surface area contributed by atoms with E-state index in [0.29, 0.717) is 30.5 Å². The minimum atomic E-state index is -0.870. The molecule has 0 aliphatic heterocycles. The minimum Gasteiger partial charge on any atom is -0.481 e. The van der Waals surface area contributed by atoms with Crippen molar-refractivity contribution < 1.29 is 19.4 Å². The van der Waals surface area contributed by atoms with Crippen molar-refractivity contribution in [3.05, 3.63) is 114 Å². The van der Waals surface area contributed by atoms with Crippen LogP contribution in [0.1, 0.15) is 16.7 Å². The first-order valence-electron chi connectivity index (χ1n) is 10.3. The topological polar surface area (TPSA) is 68.7 Å². The first-order valence-corrected chi connectivity index (χ1v) is 10.3. The summed E-state index contributed by atoms with van der Waals surface area (Å²) in [6, 6.07) is 30.9. The third kappa shape index (κ3) is 5.73. The van der Waals surface area contributed by atoms with Gasteiger partial charge in [0.1, 0.15) is 13.2 Å². The highest BCUT2D eigenvalue weighted by Gasteiger charge is 2.12. The Hall–Kier alpha value is -4.12. The molecule has 0 aliphatic rings. The highest BCUT2D eigenvalue weighted by molar-refractivity contribution is 5.73. The molecule has 5 heteroatoms. The molecule has 32 heavy (non-hydrogen) atoms. The maximum absolute atomic E-state index is 11.1. The van der Waals surface area contributed by atoms with Crippen LogP contribution in [0, 0.1) is 0 Å². The summed E-state index contributed by atoms with van der Waals surface area (Å²) in [6.45, 7) is 0.761. The number of pyridine rings is 1. The third-order valence-electron chi connectivity index (χ3n) is 4.88. The van der Waals surface area contributed by atoms with Gasteiger partial charge in [0, 0.05) is 11.6 Å². The van der Waals surface area contributed by atoms with Gasteiger partial charge in [-0.25, -0.2) is 0 Å². The first kappa shape index (κ1) is 21.1. The molecule has 1 N–H and O–H groups in total. The molecule has 160 valence electrons. The van der Waals surface area contributed by atoms with E-state index in [0.717, 1.165) is 22.3 Å². The molecule has 4 aromatic rings. The molecule has 0 saturated heterocycles. The molecule has 1 heterocycles. The number of benzene rings is 3. The van der Waals surface area contributed by atoms with Gasteiger partial charge in [0.25, 0.3) is 0 Å². The molecule has 5 nitrogen and oxygen atoms in total. The second-order valence-corrected chi connectivity index (χ2v) is 7.32. The van der Waals surface area contributed by atoms with Gasteiger partial charge in [0.15, 0.2) is 0 Å². The Morgan fingerprint density at radius 3 is 2.00 bits per heavy atom. The van der Waals surface area contributed by atoms with Crippen molar-refractivity contribution in [1.82, 2.24) is 4.98 Å². The minimum absolute atomic E-state index is 0.0419. The Kier molecular flexibility index (Phi) is 6.78. The van der Waals surface area contributed by atoms with Crippen LogP contribution in [0.2, 0.25) is 0 Å². The number of ether oxygens (including phenoxy) is 2. The van der Waals surface area contributed by atoms with Crippen molar-refractivity contribution in [2.24, 2.45) is 0 Å². The van der Waals surface area contributed by atoms with E-state index in [9.17, 15) is 4.79 Å². The number of rotatable bonds is 9. The Balaban J connectivity index is 1.61. The van der Waals surface area contributed by atoms with Crippen LogP contribution in [0.3, 0.4) is 0 Å². The monoisotopic (exact) mass is 425 g/mol. The zero-order valence-electron chi connectivity index (χ0n) is 17.5. The fourth-order valence-corrected chi connectivity index (χ4v) is 3.31. The number of hydrogen-bond acceptors (Lipinski definition) is 4. The smallest absolute Gasteiger partial charge is 0.307 e. The molecule has 0 atom stereocenters. The van der Waals surface area contributed by atoms with Crippen LogP contribution in [0.15, 0.2) is 97.1 Å². The molecule has 0 aliphatic carbocycles. The summed E-state index contributed by atoms with van der Waals surface area (Å²) >= 11 is 0. The quantitative estimate of drug-likeness (QED) is 0.382. The van der Waals surface area contributed by atoms with Gasteiger partial charge in [0.05, 0.1) is 6.42 Å². The fraction of sp³-hybridized carbons (Fsp3) is 0.111. The largest absolute Gasteiger partial charge is 0.481 e. The van der Waals surface area contributed by atoms with Crippen molar-refractivity contribution in [1.29, 1.82) is 0 Å². The summed E-state index contributed by atoms with van der Waals surface area (Å²) in [5.41, 5.74) is 4.41. The molecular formula is C27H23NO4. The summed E-state index contributed by atoms with van der Waals surface area (Å²) in [7, 11) is 0. The standard InChI is InChI=1S/C27H23NO4/c29-26(30)17-22-12-7-13-23(16-22)24-14-15-25(31-18-20-8-3-1-4-9-20)28-27(24)32-19-21-10-5-2-6-11-21/h1-16H,17-19H2,(H,29,30). The Morgan fingerprint density at radius 2 is 1.34 bits per heavy atom. The van der Waals surface area contributed by atoms with Gasteiger partial charge in [0.2, 0.25) is 11.8 Å². The van der Waals surface area contributed by atoms with Crippen LogP contribution < -0.4 is 9.47 Å². The van der Waals surface area contributed by atoms with E-state index in [1.165, 1.54) is 0 Å². The number of carboxylic acids is 1. The molecule has 0 spiro atoms. The lowest BCUT2D eigenvalue weighted by Gasteiger charge is -2.14. The van der Waals surface area contributed by atoms with E-state index in [1.807, 2.05) is 84.9 Å². The molecule has 0 bridgehead atoms. The van der Waals surface area contributed by atoms with Crippen LogP contribution in [-0.2, 0) is 24.4 Å². The third-order valence-corrected chi connectivity index (χ3v) is 4.88. The van der Waals surface area contributed by atoms with Crippen molar-refractivity contribution in [3.63, 3.8) is 0 Å². The summed E-state index contributed by atoms with van der Waals surface area (Å²) in [5, 5.41) is 9.13. The highest BCUT2D eigenvalue weighted by atomic mass is 16.5. The molecule has 0 amide bonds. The number of carbonyl (C=O) groups is 1. The summed E-state index contributed by atoms with van der Waals surface area (Å²) in [6.07, 6.45) is -0.0419. The lowest BCUT2D eigenvalue weighted by atomic mass is 10.0. The fourth-order valence-electron chi connectivity index (χ4n) is 3.31. The van der Waals surface area contributed by atoms with Crippen molar-refractivity contribution in [2.75, 3.05) is 0 Å². The van der Waals surface area contributed by atoms with Crippen molar-refractivity contribution in [2.45, 2.75) is 19.6 Å². The van der Waals surface area contributed by atoms with Crippen LogP contribution in [0.25, 0.3) is 11.1 Å². The normalized spacial score (nSPS) is 10.5. The Morgan fingerprint density at radius 1 is 0.719 bits per heavy atom. The second kappa shape index (κ2) is 10.3. The summed E-state index contributed by atoms with van der Waals surface area (Å²) < 4.78 is 12.0. The number of carboxylic acid groups (broad SMARTS) is 1. The number of aromatic nitrogens is 1. The van der Waals surface area contributed by atoms with Gasteiger partial charge in [-0.05, 0) is 28.3 Å². The van der Waals surface area contributed by atoms with Gasteiger partial charge in [-0.3, -0.25) is 4.79 Å². The first-order chi connectivity index (χ1) is 15.7. The zero-order chi connectivity index (χ0) is 22.2. The molecule has 3 aromatic carbocycles. The van der Waals surface area contributed by atoms with Crippen LogP contribution >= 0.6 is 0 Å². The van der Waals surface area contributed by atoms with Gasteiger partial charge in [-0.1, -0.05) is 84.9 Å². The molecule has 0 fully saturated rings. The molecule has 0 saturated carbocycles. The van der Waals surface area contributed by atoms with Gasteiger partial charge in [-0.2, -0.15) is 4.98 Å². The van der Waals surface area contributed by atoms with Crippen LogP contribution in [-0.4, -0.2) is 16.1 Å². The lowest BCUT2D eigenvalue weighted by molar-refractivity contribution is -0.136. The number of nitrogens with zero attached hydrogens (tertiary/aromatic N) is 1. The average Bonchev–Trinajstić information content (AvgIpc) is 2.82. The Bertz CT molecular complexity index is 1180. The maximum atomic E-state index is 11.1. The van der Waals surface area contributed by atoms with Crippen LogP contribution in [0.4, 0.5) is 0 Å². The zero-order valence-corrected chi connectivity index (χ0v) is 17.5. The molecule has 1 aromatic heterocycles. The van der Waals surface area contributed by atoms with E-state index in [1.54, 1.807) is 12.1 Å². The number of aliphatic carboxylic acids is 1. The van der Waals surface area contributed by atoms with Crippen molar-refractivity contribution in [3.8, 4) is 22.9 Å².